The number of alkyl halides is 3. The fraction of sp³-hybridized carbons (Fsp3) is 0.200. The molecule has 0 aliphatic carbocycles. The highest BCUT2D eigenvalue weighted by Crippen LogP contribution is 2.33. The molecule has 0 aromatic heterocycles. The van der Waals surface area contributed by atoms with Crippen LogP contribution in [0.4, 0.5) is 13.2 Å². The van der Waals surface area contributed by atoms with Crippen LogP contribution >= 0.6 is 15.9 Å². The van der Waals surface area contributed by atoms with E-state index in [4.69, 9.17) is 5.26 Å². The van der Waals surface area contributed by atoms with Crippen LogP contribution in [0.15, 0.2) is 16.6 Å². The van der Waals surface area contributed by atoms with Gasteiger partial charge in [0.1, 0.15) is 11.8 Å². The summed E-state index contributed by atoms with van der Waals surface area (Å²) in [6.07, 6.45) is -4.85. The van der Waals surface area contributed by atoms with Crippen LogP contribution in [0.25, 0.3) is 0 Å². The third-order valence-electron chi connectivity index (χ3n) is 1.80. The van der Waals surface area contributed by atoms with Gasteiger partial charge in [-0.15, -0.1) is 13.2 Å². The van der Waals surface area contributed by atoms with E-state index in [0.717, 1.165) is 12.1 Å². The number of carbonyl (C=O) groups excluding carboxylic acids is 1. The van der Waals surface area contributed by atoms with Crippen LogP contribution in [-0.2, 0) is 0 Å². The molecule has 0 aliphatic heterocycles. The molecule has 0 amide bonds. The van der Waals surface area contributed by atoms with E-state index in [1.165, 1.54) is 6.92 Å². The molecule has 1 aromatic rings. The Morgan fingerprint density at radius 2 is 2.06 bits per heavy atom. The molecule has 0 N–H and O–H groups in total. The van der Waals surface area contributed by atoms with Crippen molar-refractivity contribution in [1.82, 2.24) is 0 Å². The Hall–Kier alpha value is -1.55. The Labute approximate surface area is 103 Å². The van der Waals surface area contributed by atoms with Crippen molar-refractivity contribution >= 4 is 21.7 Å². The predicted octanol–water partition coefficient (Wildman–Crippen LogP) is 3.42. The van der Waals surface area contributed by atoms with Gasteiger partial charge in [0.25, 0.3) is 0 Å². The highest BCUT2D eigenvalue weighted by Gasteiger charge is 2.32. The van der Waals surface area contributed by atoms with Gasteiger partial charge in [-0.3, -0.25) is 4.79 Å². The summed E-state index contributed by atoms with van der Waals surface area (Å²) in [5, 5.41) is 8.73. The topological polar surface area (TPSA) is 50.1 Å². The Kier molecular flexibility index (Phi) is 3.78. The van der Waals surface area contributed by atoms with Crippen LogP contribution in [0.3, 0.4) is 0 Å². The van der Waals surface area contributed by atoms with Gasteiger partial charge >= 0.3 is 6.36 Å². The quantitative estimate of drug-likeness (QED) is 0.787. The Morgan fingerprint density at radius 3 is 2.47 bits per heavy atom. The van der Waals surface area contributed by atoms with Crippen LogP contribution < -0.4 is 4.74 Å². The minimum Gasteiger partial charge on any atom is -0.405 e. The number of nitriles is 1. The lowest BCUT2D eigenvalue weighted by molar-refractivity contribution is -0.274. The van der Waals surface area contributed by atoms with Gasteiger partial charge in [-0.25, -0.2) is 0 Å². The summed E-state index contributed by atoms with van der Waals surface area (Å²) in [5.74, 6) is -0.972. The Morgan fingerprint density at radius 1 is 1.47 bits per heavy atom. The summed E-state index contributed by atoms with van der Waals surface area (Å²) >= 11 is 2.84. The second-order valence-electron chi connectivity index (χ2n) is 3.04. The highest BCUT2D eigenvalue weighted by atomic mass is 79.9. The molecule has 0 radical (unpaired) electrons. The number of Topliss-reactive ketones (excluding diaryl/α,β-unsaturated/α-hetero) is 1. The number of carbonyl (C=O) groups is 1. The highest BCUT2D eigenvalue weighted by molar-refractivity contribution is 9.10. The zero-order valence-electron chi connectivity index (χ0n) is 8.43. The zero-order chi connectivity index (χ0) is 13.2. The lowest BCUT2D eigenvalue weighted by Gasteiger charge is -2.11. The summed E-state index contributed by atoms with van der Waals surface area (Å²) in [6.45, 7) is 1.22. The predicted molar refractivity (Wildman–Crippen MR) is 55.5 cm³/mol. The third-order valence-corrected chi connectivity index (χ3v) is 2.42. The molecule has 0 aliphatic rings. The normalized spacial score (nSPS) is 10.8. The van der Waals surface area contributed by atoms with E-state index in [9.17, 15) is 18.0 Å². The number of hydrogen-bond acceptors (Lipinski definition) is 3. The monoisotopic (exact) mass is 307 g/mol. The average molecular weight is 308 g/mol. The van der Waals surface area contributed by atoms with Crippen molar-refractivity contribution in [1.29, 1.82) is 5.26 Å². The van der Waals surface area contributed by atoms with Crippen LogP contribution in [0, 0.1) is 11.3 Å². The van der Waals surface area contributed by atoms with Crippen molar-refractivity contribution in [2.45, 2.75) is 13.3 Å². The Balaban J connectivity index is 3.29. The van der Waals surface area contributed by atoms with Gasteiger partial charge in [-0.2, -0.15) is 5.26 Å². The lowest BCUT2D eigenvalue weighted by Crippen LogP contribution is -2.17. The zero-order valence-corrected chi connectivity index (χ0v) is 10.0. The van der Waals surface area contributed by atoms with Crippen molar-refractivity contribution < 1.29 is 22.7 Å². The molecule has 1 rings (SSSR count). The van der Waals surface area contributed by atoms with Gasteiger partial charge in [-0.1, -0.05) is 0 Å². The van der Waals surface area contributed by atoms with Crippen molar-refractivity contribution in [3.05, 3.63) is 27.7 Å². The van der Waals surface area contributed by atoms with E-state index in [2.05, 4.69) is 20.7 Å². The molecule has 17 heavy (non-hydrogen) atoms. The van der Waals surface area contributed by atoms with Gasteiger partial charge in [0, 0.05) is 11.6 Å². The lowest BCUT2D eigenvalue weighted by atomic mass is 10.1. The van der Waals surface area contributed by atoms with E-state index in [1.54, 1.807) is 6.07 Å². The van der Waals surface area contributed by atoms with Gasteiger partial charge in [0.05, 0.1) is 10.0 Å². The maximum Gasteiger partial charge on any atom is 0.573 e. The van der Waals surface area contributed by atoms with E-state index < -0.39 is 17.9 Å². The summed E-state index contributed by atoms with van der Waals surface area (Å²) in [5.41, 5.74) is -0.131. The molecule has 90 valence electrons. The molecule has 7 heteroatoms. The summed E-state index contributed by atoms with van der Waals surface area (Å²) < 4.78 is 39.7. The first-order chi connectivity index (χ1) is 7.74. The SMILES string of the molecule is CC(=O)c1cc(Br)c(OC(F)(F)F)cc1C#N. The Bertz CT molecular complexity index is 505. The molecule has 0 unspecified atom stereocenters. The van der Waals surface area contributed by atoms with Crippen molar-refractivity contribution in [3.8, 4) is 11.8 Å². The molecule has 0 atom stereocenters. The maximum absolute atomic E-state index is 12.0. The number of halogens is 4. The molecule has 0 fully saturated rings. The summed E-state index contributed by atoms with van der Waals surface area (Å²) in [7, 11) is 0. The van der Waals surface area contributed by atoms with E-state index in [1.807, 2.05) is 0 Å². The van der Waals surface area contributed by atoms with Gasteiger partial charge < -0.3 is 4.74 Å². The van der Waals surface area contributed by atoms with Crippen molar-refractivity contribution in [3.63, 3.8) is 0 Å². The molecule has 0 spiro atoms. The minimum absolute atomic E-state index is 0.0360. The largest absolute Gasteiger partial charge is 0.573 e. The van der Waals surface area contributed by atoms with Crippen LogP contribution in [-0.4, -0.2) is 12.1 Å². The average Bonchev–Trinajstić information content (AvgIpc) is 2.18. The second kappa shape index (κ2) is 4.75. The molecular formula is C10H5BrF3NO2. The number of benzene rings is 1. The number of hydrogen-bond donors (Lipinski definition) is 0. The molecule has 1 aromatic carbocycles. The minimum atomic E-state index is -4.85. The van der Waals surface area contributed by atoms with E-state index in [-0.39, 0.29) is 15.6 Å². The molecular weight excluding hydrogens is 303 g/mol. The fourth-order valence-corrected chi connectivity index (χ4v) is 1.56. The van der Waals surface area contributed by atoms with Gasteiger partial charge in [0.15, 0.2) is 5.78 Å². The molecule has 0 saturated heterocycles. The van der Waals surface area contributed by atoms with E-state index >= 15 is 0 Å². The van der Waals surface area contributed by atoms with Crippen molar-refractivity contribution in [2.75, 3.05) is 0 Å². The number of ketones is 1. The molecule has 0 saturated carbocycles. The smallest absolute Gasteiger partial charge is 0.405 e. The first-order valence-electron chi connectivity index (χ1n) is 4.25. The van der Waals surface area contributed by atoms with Crippen LogP contribution in [0.1, 0.15) is 22.8 Å². The number of rotatable bonds is 2. The van der Waals surface area contributed by atoms with Gasteiger partial charge in [0.2, 0.25) is 0 Å². The van der Waals surface area contributed by atoms with Crippen molar-refractivity contribution in [2.24, 2.45) is 0 Å². The first-order valence-corrected chi connectivity index (χ1v) is 5.04. The standard InChI is InChI=1S/C10H5BrF3NO2/c1-5(16)7-3-8(11)9(2-6(7)4-15)17-10(12,13)14/h2-3H,1H3. The number of ether oxygens (including phenoxy) is 1. The molecule has 0 heterocycles. The van der Waals surface area contributed by atoms with Crippen LogP contribution in [0.5, 0.6) is 5.75 Å². The fourth-order valence-electron chi connectivity index (χ4n) is 1.14. The van der Waals surface area contributed by atoms with Crippen LogP contribution in [0.2, 0.25) is 0 Å². The van der Waals surface area contributed by atoms with Gasteiger partial charge in [-0.05, 0) is 28.9 Å². The van der Waals surface area contributed by atoms with E-state index in [0.29, 0.717) is 0 Å². The first kappa shape index (κ1) is 13.5. The summed E-state index contributed by atoms with van der Waals surface area (Å²) in [4.78, 5) is 11.1. The molecule has 3 nitrogen and oxygen atoms in total. The third kappa shape index (κ3) is 3.46. The second-order valence-corrected chi connectivity index (χ2v) is 3.90. The maximum atomic E-state index is 12.0. The molecule has 0 bridgehead atoms. The summed E-state index contributed by atoms with van der Waals surface area (Å²) in [6, 6.07) is 3.64. The number of nitrogens with zero attached hydrogens (tertiary/aromatic N) is 1.